The molecule has 2 fully saturated rings. The molecule has 206 valence electrons. The van der Waals surface area contributed by atoms with Gasteiger partial charge in [-0.3, -0.25) is 0 Å². The highest BCUT2D eigenvalue weighted by molar-refractivity contribution is 5.30. The zero-order chi connectivity index (χ0) is 26.8. The van der Waals surface area contributed by atoms with Crippen LogP contribution in [-0.2, 0) is 11.8 Å². The van der Waals surface area contributed by atoms with Crippen molar-refractivity contribution in [1.29, 1.82) is 0 Å². The lowest BCUT2D eigenvalue weighted by Crippen LogP contribution is -2.36. The lowest BCUT2D eigenvalue weighted by molar-refractivity contribution is -0.0291. The van der Waals surface area contributed by atoms with E-state index in [4.69, 9.17) is 9.47 Å². The number of ether oxygens (including phenoxy) is 2. The van der Waals surface area contributed by atoms with Crippen LogP contribution in [0.1, 0.15) is 112 Å². The van der Waals surface area contributed by atoms with Crippen LogP contribution in [0.2, 0.25) is 0 Å². The second-order valence-electron chi connectivity index (χ2n) is 11.6. The molecule has 3 heterocycles. The van der Waals surface area contributed by atoms with E-state index in [0.29, 0.717) is 23.9 Å². The third-order valence-electron chi connectivity index (χ3n) is 8.42. The largest absolute Gasteiger partial charge is 0.483 e. The molecule has 1 saturated heterocycles. The quantitative estimate of drug-likeness (QED) is 0.395. The Hall–Kier alpha value is -2.78. The molecule has 1 aliphatic carbocycles. The zero-order valence-corrected chi connectivity index (χ0v) is 23.7. The summed E-state index contributed by atoms with van der Waals surface area (Å²) in [5.41, 5.74) is 2.24. The highest BCUT2D eigenvalue weighted by atomic mass is 16.5. The minimum absolute atomic E-state index is 0.0606. The van der Waals surface area contributed by atoms with Gasteiger partial charge < -0.3 is 18.9 Å². The van der Waals surface area contributed by atoms with Gasteiger partial charge in [0.2, 0.25) is 0 Å². The number of rotatable bonds is 8. The summed E-state index contributed by atoms with van der Waals surface area (Å²) < 4.78 is 16.6. The zero-order valence-electron chi connectivity index (χ0n) is 23.7. The summed E-state index contributed by atoms with van der Waals surface area (Å²) in [4.78, 5) is 2.24. The number of benzene rings is 1. The van der Waals surface area contributed by atoms with Gasteiger partial charge in [-0.25, -0.2) is 4.68 Å². The van der Waals surface area contributed by atoms with Crippen molar-refractivity contribution in [3.63, 3.8) is 0 Å². The molecule has 3 aromatic rings. The molecule has 0 bridgehead atoms. The van der Waals surface area contributed by atoms with E-state index in [2.05, 4.69) is 94.0 Å². The molecule has 3 atom stereocenters. The number of nitrogens with zero attached hydrogens (tertiary/aromatic N) is 7. The van der Waals surface area contributed by atoms with Crippen LogP contribution in [0.3, 0.4) is 0 Å². The number of aromatic nitrogens is 6. The first kappa shape index (κ1) is 26.8. The van der Waals surface area contributed by atoms with Gasteiger partial charge in [0.05, 0.1) is 18.8 Å². The van der Waals surface area contributed by atoms with Crippen molar-refractivity contribution < 1.29 is 9.47 Å². The summed E-state index contributed by atoms with van der Waals surface area (Å²) in [6, 6.07) is 9.19. The fourth-order valence-corrected chi connectivity index (χ4v) is 5.86. The van der Waals surface area contributed by atoms with Gasteiger partial charge in [0, 0.05) is 19.0 Å². The first-order chi connectivity index (χ1) is 18.3. The SMILES string of the molecule is CC(C)c1cccc(O[C@H](C)c2nnc(C3CCC(n4cc([C@@H]5CC[C@@H](N(C)C)CO5)nn4)CC3)n2C)c1. The fourth-order valence-electron chi connectivity index (χ4n) is 5.86. The van der Waals surface area contributed by atoms with Gasteiger partial charge in [0.15, 0.2) is 11.9 Å². The van der Waals surface area contributed by atoms with E-state index in [-0.39, 0.29) is 12.2 Å². The van der Waals surface area contributed by atoms with Crippen molar-refractivity contribution in [2.75, 3.05) is 20.7 Å². The Kier molecular flexibility index (Phi) is 8.14. The lowest BCUT2D eigenvalue weighted by atomic mass is 9.85. The fraction of sp³-hybridized carbons (Fsp3) is 0.655. The molecule has 0 unspecified atom stereocenters. The average Bonchev–Trinajstić information content (AvgIpc) is 3.56. The van der Waals surface area contributed by atoms with E-state index in [1.165, 1.54) is 5.56 Å². The number of hydrogen-bond donors (Lipinski definition) is 0. The summed E-state index contributed by atoms with van der Waals surface area (Å²) >= 11 is 0. The van der Waals surface area contributed by atoms with Gasteiger partial charge in [-0.15, -0.1) is 15.3 Å². The topological polar surface area (TPSA) is 83.1 Å². The van der Waals surface area contributed by atoms with Crippen LogP contribution in [-0.4, -0.2) is 61.4 Å². The van der Waals surface area contributed by atoms with E-state index in [0.717, 1.165) is 68.2 Å². The molecule has 1 aliphatic heterocycles. The summed E-state index contributed by atoms with van der Waals surface area (Å²) in [6.07, 6.45) is 8.34. The van der Waals surface area contributed by atoms with E-state index in [9.17, 15) is 0 Å². The third kappa shape index (κ3) is 5.78. The van der Waals surface area contributed by atoms with Gasteiger partial charge in [0.1, 0.15) is 23.4 Å². The first-order valence-corrected chi connectivity index (χ1v) is 14.2. The maximum atomic E-state index is 6.26. The minimum Gasteiger partial charge on any atom is -0.483 e. The predicted octanol–water partition coefficient (Wildman–Crippen LogP) is 5.35. The van der Waals surface area contributed by atoms with E-state index in [1.807, 2.05) is 13.0 Å². The highest BCUT2D eigenvalue weighted by Gasteiger charge is 2.31. The van der Waals surface area contributed by atoms with Crippen molar-refractivity contribution in [1.82, 2.24) is 34.7 Å². The van der Waals surface area contributed by atoms with Gasteiger partial charge in [-0.1, -0.05) is 31.2 Å². The second-order valence-corrected chi connectivity index (χ2v) is 11.6. The Morgan fingerprint density at radius 2 is 1.79 bits per heavy atom. The van der Waals surface area contributed by atoms with Crippen molar-refractivity contribution >= 4 is 0 Å². The molecule has 5 rings (SSSR count). The van der Waals surface area contributed by atoms with E-state index >= 15 is 0 Å². The van der Waals surface area contributed by atoms with Crippen molar-refractivity contribution in [3.8, 4) is 5.75 Å². The third-order valence-corrected chi connectivity index (χ3v) is 8.42. The van der Waals surface area contributed by atoms with Crippen LogP contribution < -0.4 is 4.74 Å². The summed E-state index contributed by atoms with van der Waals surface area (Å²) in [7, 11) is 6.30. The second kappa shape index (κ2) is 11.5. The molecule has 38 heavy (non-hydrogen) atoms. The molecule has 9 heteroatoms. The summed E-state index contributed by atoms with van der Waals surface area (Å²) in [6.45, 7) is 7.19. The number of likely N-dealkylation sites (N-methyl/N-ethyl adjacent to an activating group) is 1. The molecule has 0 radical (unpaired) electrons. The lowest BCUT2D eigenvalue weighted by Gasteiger charge is -2.32. The predicted molar refractivity (Wildman–Crippen MR) is 146 cm³/mol. The van der Waals surface area contributed by atoms with Crippen molar-refractivity contribution in [3.05, 3.63) is 53.4 Å². The van der Waals surface area contributed by atoms with E-state index < -0.39 is 0 Å². The Morgan fingerprint density at radius 3 is 2.47 bits per heavy atom. The molecular formula is C29H43N7O2. The molecule has 0 N–H and O–H groups in total. The Balaban J connectivity index is 1.17. The van der Waals surface area contributed by atoms with Gasteiger partial charge >= 0.3 is 0 Å². The maximum Gasteiger partial charge on any atom is 0.173 e. The van der Waals surface area contributed by atoms with Crippen molar-refractivity contribution in [2.45, 2.75) is 95.4 Å². The monoisotopic (exact) mass is 521 g/mol. The molecule has 1 aromatic carbocycles. The van der Waals surface area contributed by atoms with Gasteiger partial charge in [-0.05, 0) is 83.2 Å². The average molecular weight is 522 g/mol. The van der Waals surface area contributed by atoms with Crippen LogP contribution in [0.25, 0.3) is 0 Å². The van der Waals surface area contributed by atoms with Crippen LogP contribution >= 0.6 is 0 Å². The smallest absolute Gasteiger partial charge is 0.173 e. The van der Waals surface area contributed by atoms with Crippen LogP contribution in [0, 0.1) is 0 Å². The highest BCUT2D eigenvalue weighted by Crippen LogP contribution is 2.38. The molecule has 1 saturated carbocycles. The Bertz CT molecular complexity index is 1190. The minimum atomic E-state index is -0.177. The van der Waals surface area contributed by atoms with Gasteiger partial charge in [-0.2, -0.15) is 0 Å². The molecule has 2 aliphatic rings. The van der Waals surface area contributed by atoms with Crippen LogP contribution in [0.4, 0.5) is 0 Å². The summed E-state index contributed by atoms with van der Waals surface area (Å²) in [5.74, 6) is 3.64. The van der Waals surface area contributed by atoms with E-state index in [1.54, 1.807) is 0 Å². The van der Waals surface area contributed by atoms with Crippen molar-refractivity contribution in [2.24, 2.45) is 7.05 Å². The van der Waals surface area contributed by atoms with Crippen LogP contribution in [0.5, 0.6) is 5.75 Å². The molecule has 9 nitrogen and oxygen atoms in total. The molecular weight excluding hydrogens is 478 g/mol. The van der Waals surface area contributed by atoms with Crippen LogP contribution in [0.15, 0.2) is 30.5 Å². The summed E-state index contributed by atoms with van der Waals surface area (Å²) in [5, 5.41) is 18.1. The normalized spacial score (nSPS) is 25.2. The Labute approximate surface area is 226 Å². The Morgan fingerprint density at radius 1 is 1.00 bits per heavy atom. The molecule has 0 amide bonds. The standard InChI is InChI=1S/C29H43N7O2/c1-19(2)22-8-7-9-25(16-22)38-20(3)28-31-32-29(35(28)6)21-10-12-23(13-11-21)36-17-26(30-33-36)27-15-14-24(18-37-27)34(4)5/h7-9,16-17,19-21,23-24,27H,10-15,18H2,1-6H3/t20-,21?,23?,24-,27+/m1/s1. The number of hydrogen-bond acceptors (Lipinski definition) is 7. The molecule has 2 aromatic heterocycles. The van der Waals surface area contributed by atoms with Gasteiger partial charge in [0.25, 0.3) is 0 Å². The maximum absolute atomic E-state index is 6.26. The molecule has 0 spiro atoms. The first-order valence-electron chi connectivity index (χ1n) is 14.2.